The zero-order chi connectivity index (χ0) is 29.0. The van der Waals surface area contributed by atoms with Crippen LogP contribution in [0, 0.1) is 0 Å². The molecule has 0 unspecified atom stereocenters. The molecule has 4 heteroatoms. The van der Waals surface area contributed by atoms with Crippen LogP contribution in [0.5, 0.6) is 0 Å². The highest BCUT2D eigenvalue weighted by atomic mass is 31.2. The third-order valence-electron chi connectivity index (χ3n) is 7.40. The van der Waals surface area contributed by atoms with E-state index in [1.165, 1.54) is 154 Å². The van der Waals surface area contributed by atoms with Crippen molar-refractivity contribution in [1.29, 1.82) is 0 Å². The Hall–Kier alpha value is -0.950. The Balaban J connectivity index is 4.14. The molecule has 0 spiro atoms. The van der Waals surface area contributed by atoms with Gasteiger partial charge in [-0.25, -0.2) is 0 Å². The van der Waals surface area contributed by atoms with Crippen molar-refractivity contribution in [2.75, 3.05) is 0 Å². The predicted molar refractivity (Wildman–Crippen MR) is 179 cm³/mol. The van der Waals surface area contributed by atoms with E-state index in [0.717, 1.165) is 19.3 Å². The third kappa shape index (κ3) is 33.3. The van der Waals surface area contributed by atoms with Crippen LogP contribution < -0.4 is 0 Å². The molecule has 0 amide bonds. The number of allylic oxidation sites excluding steroid dienone is 3. The molecule has 0 aromatic heterocycles. The normalized spacial score (nSPS) is 12.0. The molecule has 0 bridgehead atoms. The summed E-state index contributed by atoms with van der Waals surface area (Å²) in [5.41, 5.74) is 0. The van der Waals surface area contributed by atoms with Crippen LogP contribution in [0.2, 0.25) is 0 Å². The largest absolute Gasteiger partial charge is 0.528 e. The summed E-state index contributed by atoms with van der Waals surface area (Å²) in [5, 5.41) is 0. The summed E-state index contributed by atoms with van der Waals surface area (Å²) in [6.45, 7) is 6.83. The molecule has 0 fully saturated rings. The molecule has 0 aromatic rings. The molecular formula is C36H69O3P. The lowest BCUT2D eigenvalue weighted by atomic mass is 10.1. The van der Waals surface area contributed by atoms with E-state index in [0.29, 0.717) is 0 Å². The molecule has 0 saturated heterocycles. The Morgan fingerprint density at radius 3 is 0.800 bits per heavy atom. The average Bonchev–Trinajstić information content (AvgIpc) is 2.97. The Kier molecular flexibility index (Phi) is 35.2. The summed E-state index contributed by atoms with van der Waals surface area (Å²) in [5.74, 6) is 0. The number of hydrogen-bond acceptors (Lipinski definition) is 3. The van der Waals surface area contributed by atoms with E-state index in [9.17, 15) is 0 Å². The first-order valence-electron chi connectivity index (χ1n) is 17.6. The Morgan fingerprint density at radius 2 is 0.550 bits per heavy atom. The molecular weight excluding hydrogens is 511 g/mol. The van der Waals surface area contributed by atoms with Crippen LogP contribution in [0.1, 0.15) is 194 Å². The molecule has 236 valence electrons. The van der Waals surface area contributed by atoms with Crippen LogP contribution in [-0.2, 0) is 13.6 Å². The van der Waals surface area contributed by atoms with Gasteiger partial charge in [-0.15, -0.1) is 0 Å². The van der Waals surface area contributed by atoms with Crippen molar-refractivity contribution in [3.8, 4) is 0 Å². The van der Waals surface area contributed by atoms with E-state index in [2.05, 4.69) is 39.0 Å². The number of hydrogen-bond donors (Lipinski definition) is 0. The fourth-order valence-corrected chi connectivity index (χ4v) is 5.45. The van der Waals surface area contributed by atoms with E-state index < -0.39 is 8.60 Å². The number of unbranched alkanes of at least 4 members (excludes halogenated alkanes) is 24. The zero-order valence-corrected chi connectivity index (χ0v) is 28.1. The molecule has 0 rings (SSSR count). The zero-order valence-electron chi connectivity index (χ0n) is 27.2. The van der Waals surface area contributed by atoms with Crippen molar-refractivity contribution < 1.29 is 13.6 Å². The van der Waals surface area contributed by atoms with Crippen LogP contribution in [0.3, 0.4) is 0 Å². The smallest absolute Gasteiger partial charge is 0.417 e. The van der Waals surface area contributed by atoms with Gasteiger partial charge in [-0.1, -0.05) is 156 Å². The van der Waals surface area contributed by atoms with Crippen LogP contribution in [0.15, 0.2) is 37.0 Å². The molecule has 0 aliphatic heterocycles. The van der Waals surface area contributed by atoms with Crippen LogP contribution >= 0.6 is 8.60 Å². The molecule has 0 aromatic carbocycles. The summed E-state index contributed by atoms with van der Waals surface area (Å²) in [6, 6.07) is 0. The molecule has 0 aliphatic rings. The second-order valence-corrected chi connectivity index (χ2v) is 12.5. The van der Waals surface area contributed by atoms with E-state index in [1.807, 2.05) is 0 Å². The Bertz CT molecular complexity index is 470. The maximum atomic E-state index is 5.84. The van der Waals surface area contributed by atoms with Gasteiger partial charge in [0, 0.05) is 0 Å². The van der Waals surface area contributed by atoms with Gasteiger partial charge in [0.25, 0.3) is 0 Å². The molecule has 3 nitrogen and oxygen atoms in total. The Labute approximate surface area is 253 Å². The first kappa shape index (κ1) is 39.0. The average molecular weight is 581 g/mol. The summed E-state index contributed by atoms with van der Waals surface area (Å²) in [6.07, 6.45) is 47.2. The van der Waals surface area contributed by atoms with Gasteiger partial charge in [0.05, 0.1) is 18.8 Å². The van der Waals surface area contributed by atoms with Crippen molar-refractivity contribution in [2.45, 2.75) is 194 Å². The van der Waals surface area contributed by atoms with E-state index in [4.69, 9.17) is 13.6 Å². The van der Waals surface area contributed by atoms with Crippen molar-refractivity contribution in [3.05, 3.63) is 37.0 Å². The fraction of sp³-hybridized carbons (Fsp3) is 0.833. The van der Waals surface area contributed by atoms with Gasteiger partial charge in [-0.05, 0) is 56.8 Å². The predicted octanol–water partition coefficient (Wildman–Crippen LogP) is 14.4. The summed E-state index contributed by atoms with van der Waals surface area (Å²) < 4.78 is 17.5. The minimum atomic E-state index is -1.43. The molecule has 0 aliphatic carbocycles. The minimum absolute atomic E-state index is 1.06. The molecule has 0 heterocycles. The van der Waals surface area contributed by atoms with E-state index in [-0.39, 0.29) is 0 Å². The van der Waals surface area contributed by atoms with E-state index >= 15 is 0 Å². The van der Waals surface area contributed by atoms with Gasteiger partial charge in [0.1, 0.15) is 0 Å². The van der Waals surface area contributed by atoms with E-state index in [1.54, 1.807) is 18.8 Å². The lowest BCUT2D eigenvalue weighted by molar-refractivity contribution is 0.302. The summed E-state index contributed by atoms with van der Waals surface area (Å²) in [7, 11) is -1.43. The third-order valence-corrected chi connectivity index (χ3v) is 8.28. The molecule has 40 heavy (non-hydrogen) atoms. The quantitative estimate of drug-likeness (QED) is 0.0439. The molecule has 0 radical (unpaired) electrons. The van der Waals surface area contributed by atoms with Gasteiger partial charge < -0.3 is 13.6 Å². The summed E-state index contributed by atoms with van der Waals surface area (Å²) in [4.78, 5) is 0. The van der Waals surface area contributed by atoms with Gasteiger partial charge in [0.15, 0.2) is 0 Å². The van der Waals surface area contributed by atoms with Gasteiger partial charge >= 0.3 is 8.60 Å². The molecule has 0 atom stereocenters. The second-order valence-electron chi connectivity index (χ2n) is 11.4. The number of rotatable bonds is 33. The maximum Gasteiger partial charge on any atom is 0.528 e. The highest BCUT2D eigenvalue weighted by Crippen LogP contribution is 2.41. The van der Waals surface area contributed by atoms with Crippen molar-refractivity contribution in [2.24, 2.45) is 0 Å². The fourth-order valence-electron chi connectivity index (χ4n) is 4.75. The SMILES string of the molecule is CCCCCCCCCC/C=C/OP(O/C=C/CCCCCCCCCC)O/C=C/CCCCCCCCCC. The minimum Gasteiger partial charge on any atom is -0.417 e. The van der Waals surface area contributed by atoms with Gasteiger partial charge in [-0.2, -0.15) is 0 Å². The van der Waals surface area contributed by atoms with Crippen LogP contribution in [-0.4, -0.2) is 0 Å². The first-order chi connectivity index (χ1) is 19.8. The molecule has 0 saturated carbocycles. The van der Waals surface area contributed by atoms with Crippen LogP contribution in [0.4, 0.5) is 0 Å². The monoisotopic (exact) mass is 580 g/mol. The highest BCUT2D eigenvalue weighted by molar-refractivity contribution is 7.42. The van der Waals surface area contributed by atoms with Crippen LogP contribution in [0.25, 0.3) is 0 Å². The first-order valence-corrected chi connectivity index (χ1v) is 18.7. The lowest BCUT2D eigenvalue weighted by Crippen LogP contribution is -1.84. The second kappa shape index (κ2) is 36.1. The van der Waals surface area contributed by atoms with Crippen molar-refractivity contribution in [3.63, 3.8) is 0 Å². The summed E-state index contributed by atoms with van der Waals surface area (Å²) >= 11 is 0. The highest BCUT2D eigenvalue weighted by Gasteiger charge is 2.11. The molecule has 0 N–H and O–H groups in total. The van der Waals surface area contributed by atoms with Gasteiger partial charge in [0.2, 0.25) is 0 Å². The van der Waals surface area contributed by atoms with Gasteiger partial charge in [-0.3, -0.25) is 0 Å². The topological polar surface area (TPSA) is 27.7 Å². The lowest BCUT2D eigenvalue weighted by Gasteiger charge is -2.11. The standard InChI is InChI=1S/C36H69O3P/c1-4-7-10-13-16-19-22-25-28-31-34-37-40(38-35-32-29-26-23-20-17-14-11-8-5-2)39-36-33-30-27-24-21-18-15-12-9-6-3/h31-36H,4-30H2,1-3H3/b34-31+,35-32+,36-33+. The Morgan fingerprint density at radius 1 is 0.325 bits per heavy atom. The van der Waals surface area contributed by atoms with Crippen molar-refractivity contribution in [1.82, 2.24) is 0 Å². The maximum absolute atomic E-state index is 5.84. The van der Waals surface area contributed by atoms with Crippen molar-refractivity contribution >= 4 is 8.60 Å².